The Morgan fingerprint density at radius 3 is 2.40 bits per heavy atom. The molecule has 25 heavy (non-hydrogen) atoms. The molecular weight excluding hydrogens is 319 g/mol. The lowest BCUT2D eigenvalue weighted by molar-refractivity contribution is 0.00635. The molecule has 2 aliphatic carbocycles. The third-order valence-electron chi connectivity index (χ3n) is 4.93. The summed E-state index contributed by atoms with van der Waals surface area (Å²) in [6.07, 6.45) is 8.18. The third-order valence-corrected chi connectivity index (χ3v) is 4.93. The highest BCUT2D eigenvalue weighted by atomic mass is 19.1. The van der Waals surface area contributed by atoms with Crippen LogP contribution in [0.4, 0.5) is 4.39 Å². The second-order valence-corrected chi connectivity index (χ2v) is 8.47. The van der Waals surface area contributed by atoms with Gasteiger partial charge in [0.05, 0.1) is 12.2 Å². The molecule has 0 unspecified atom stereocenters. The average Bonchev–Trinajstić information content (AvgIpc) is 3.38. The lowest BCUT2D eigenvalue weighted by atomic mass is 9.90. The average molecular weight is 348 g/mol. The standard InChI is InChI=1S/C21H29FO3/c1-21(2,3)25-20(23)17-11-16(15-9-10-15)12-18(19(17)22)24-13-14-7-5-4-6-8-14/h11-12,14-15H,4-10,13H2,1-3H3. The summed E-state index contributed by atoms with van der Waals surface area (Å²) in [6.45, 7) is 5.88. The highest BCUT2D eigenvalue weighted by Gasteiger charge is 2.29. The molecule has 0 bridgehead atoms. The summed E-state index contributed by atoms with van der Waals surface area (Å²) < 4.78 is 26.1. The van der Waals surface area contributed by atoms with Gasteiger partial charge in [-0.1, -0.05) is 19.3 Å². The third kappa shape index (κ3) is 4.96. The number of hydrogen-bond donors (Lipinski definition) is 0. The topological polar surface area (TPSA) is 35.5 Å². The zero-order valence-electron chi connectivity index (χ0n) is 15.6. The molecule has 0 heterocycles. The van der Waals surface area contributed by atoms with Crippen LogP contribution in [0.1, 0.15) is 87.6 Å². The molecule has 1 aromatic carbocycles. The van der Waals surface area contributed by atoms with Gasteiger partial charge < -0.3 is 9.47 Å². The Bertz CT molecular complexity index is 623. The highest BCUT2D eigenvalue weighted by molar-refractivity contribution is 5.91. The summed E-state index contributed by atoms with van der Waals surface area (Å²) in [5.41, 5.74) is 0.334. The molecule has 2 aliphatic rings. The molecule has 1 aromatic rings. The van der Waals surface area contributed by atoms with E-state index in [9.17, 15) is 9.18 Å². The number of ether oxygens (including phenoxy) is 2. The van der Waals surface area contributed by atoms with Crippen LogP contribution in [-0.2, 0) is 4.74 Å². The monoisotopic (exact) mass is 348 g/mol. The maximum Gasteiger partial charge on any atom is 0.341 e. The van der Waals surface area contributed by atoms with Gasteiger partial charge in [0.15, 0.2) is 11.6 Å². The van der Waals surface area contributed by atoms with E-state index in [0.717, 1.165) is 31.2 Å². The SMILES string of the molecule is CC(C)(C)OC(=O)c1cc(C2CC2)cc(OCC2CCCCC2)c1F. The van der Waals surface area contributed by atoms with E-state index < -0.39 is 17.4 Å². The smallest absolute Gasteiger partial charge is 0.341 e. The predicted molar refractivity (Wildman–Crippen MR) is 95.6 cm³/mol. The quantitative estimate of drug-likeness (QED) is 0.648. The first kappa shape index (κ1) is 18.2. The van der Waals surface area contributed by atoms with Gasteiger partial charge in [-0.3, -0.25) is 0 Å². The minimum absolute atomic E-state index is 0.00188. The van der Waals surface area contributed by atoms with Crippen LogP contribution in [-0.4, -0.2) is 18.2 Å². The zero-order chi connectivity index (χ0) is 18.0. The molecule has 138 valence electrons. The van der Waals surface area contributed by atoms with Gasteiger partial charge in [0.25, 0.3) is 0 Å². The summed E-state index contributed by atoms with van der Waals surface area (Å²) in [7, 11) is 0. The van der Waals surface area contributed by atoms with Crippen LogP contribution >= 0.6 is 0 Å². The van der Waals surface area contributed by atoms with Gasteiger partial charge in [0.2, 0.25) is 0 Å². The Balaban J connectivity index is 1.79. The summed E-state index contributed by atoms with van der Waals surface area (Å²) in [4.78, 5) is 12.4. The molecule has 0 aliphatic heterocycles. The maximum atomic E-state index is 14.9. The summed E-state index contributed by atoms with van der Waals surface area (Å²) in [5, 5.41) is 0. The molecule has 2 saturated carbocycles. The van der Waals surface area contributed by atoms with Crippen molar-refractivity contribution in [3.05, 3.63) is 29.1 Å². The van der Waals surface area contributed by atoms with Gasteiger partial charge in [0, 0.05) is 0 Å². The minimum Gasteiger partial charge on any atom is -0.490 e. The number of hydrogen-bond acceptors (Lipinski definition) is 3. The molecule has 3 nitrogen and oxygen atoms in total. The molecule has 0 atom stereocenters. The largest absolute Gasteiger partial charge is 0.490 e. The van der Waals surface area contributed by atoms with Crippen molar-refractivity contribution in [1.82, 2.24) is 0 Å². The van der Waals surface area contributed by atoms with Crippen molar-refractivity contribution in [2.75, 3.05) is 6.61 Å². The van der Waals surface area contributed by atoms with Crippen LogP contribution in [0, 0.1) is 11.7 Å². The van der Waals surface area contributed by atoms with Crippen LogP contribution in [0.3, 0.4) is 0 Å². The van der Waals surface area contributed by atoms with Gasteiger partial charge in [-0.05, 0) is 76.0 Å². The lowest BCUT2D eigenvalue weighted by Gasteiger charge is -2.23. The van der Waals surface area contributed by atoms with Crippen LogP contribution in [0.15, 0.2) is 12.1 Å². The molecular formula is C21H29FO3. The van der Waals surface area contributed by atoms with E-state index in [4.69, 9.17) is 9.47 Å². The summed E-state index contributed by atoms with van der Waals surface area (Å²) in [5.74, 6) is -0.0955. The number of esters is 1. The van der Waals surface area contributed by atoms with Gasteiger partial charge >= 0.3 is 5.97 Å². The fourth-order valence-electron chi connectivity index (χ4n) is 3.42. The number of benzene rings is 1. The molecule has 0 N–H and O–H groups in total. The highest BCUT2D eigenvalue weighted by Crippen LogP contribution is 2.42. The van der Waals surface area contributed by atoms with E-state index in [1.165, 1.54) is 19.3 Å². The second-order valence-electron chi connectivity index (χ2n) is 8.47. The van der Waals surface area contributed by atoms with Gasteiger partial charge in [-0.2, -0.15) is 0 Å². The lowest BCUT2D eigenvalue weighted by Crippen LogP contribution is -2.25. The molecule has 3 rings (SSSR count). The van der Waals surface area contributed by atoms with Crippen molar-refractivity contribution >= 4 is 5.97 Å². The van der Waals surface area contributed by atoms with E-state index in [1.807, 2.05) is 0 Å². The fourth-order valence-corrected chi connectivity index (χ4v) is 3.42. The Labute approximate surface area is 149 Å². The molecule has 0 aromatic heterocycles. The molecule has 0 saturated heterocycles. The number of carbonyl (C=O) groups is 1. The van der Waals surface area contributed by atoms with Crippen molar-refractivity contribution < 1.29 is 18.7 Å². The normalized spacial score (nSPS) is 18.9. The summed E-state index contributed by atoms with van der Waals surface area (Å²) in [6, 6.07) is 3.43. The first-order chi connectivity index (χ1) is 11.8. The van der Waals surface area contributed by atoms with Gasteiger partial charge in [-0.25, -0.2) is 9.18 Å². The first-order valence-corrected chi connectivity index (χ1v) is 9.53. The van der Waals surface area contributed by atoms with Crippen molar-refractivity contribution in [3.8, 4) is 5.75 Å². The molecule has 0 spiro atoms. The van der Waals surface area contributed by atoms with Crippen molar-refractivity contribution in [3.63, 3.8) is 0 Å². The number of carbonyl (C=O) groups excluding carboxylic acids is 1. The Hall–Kier alpha value is -1.58. The molecule has 2 fully saturated rings. The first-order valence-electron chi connectivity index (χ1n) is 9.53. The van der Waals surface area contributed by atoms with Gasteiger partial charge in [-0.15, -0.1) is 0 Å². The maximum absolute atomic E-state index is 14.9. The van der Waals surface area contributed by atoms with E-state index in [-0.39, 0.29) is 11.3 Å². The second kappa shape index (κ2) is 7.35. The van der Waals surface area contributed by atoms with E-state index in [1.54, 1.807) is 32.9 Å². The van der Waals surface area contributed by atoms with Crippen molar-refractivity contribution in [2.45, 2.75) is 77.2 Å². The number of rotatable bonds is 5. The van der Waals surface area contributed by atoms with Crippen LogP contribution in [0.2, 0.25) is 0 Å². The van der Waals surface area contributed by atoms with Gasteiger partial charge in [0.1, 0.15) is 5.60 Å². The van der Waals surface area contributed by atoms with Crippen molar-refractivity contribution in [2.24, 2.45) is 5.92 Å². The predicted octanol–water partition coefficient (Wildman–Crippen LogP) is 5.62. The van der Waals surface area contributed by atoms with Crippen LogP contribution in [0.25, 0.3) is 0 Å². The minimum atomic E-state index is -0.651. The summed E-state index contributed by atoms with van der Waals surface area (Å²) >= 11 is 0. The Morgan fingerprint density at radius 1 is 1.12 bits per heavy atom. The molecule has 0 amide bonds. The zero-order valence-corrected chi connectivity index (χ0v) is 15.6. The number of halogens is 1. The van der Waals surface area contributed by atoms with Crippen LogP contribution < -0.4 is 4.74 Å². The van der Waals surface area contributed by atoms with E-state index in [0.29, 0.717) is 18.4 Å². The van der Waals surface area contributed by atoms with Crippen molar-refractivity contribution in [1.29, 1.82) is 0 Å². The van der Waals surface area contributed by atoms with E-state index >= 15 is 0 Å². The van der Waals surface area contributed by atoms with Crippen LogP contribution in [0.5, 0.6) is 5.75 Å². The van der Waals surface area contributed by atoms with E-state index in [2.05, 4.69) is 0 Å². The molecule has 4 heteroatoms. The Kier molecular flexibility index (Phi) is 5.35. The fraction of sp³-hybridized carbons (Fsp3) is 0.667. The molecule has 0 radical (unpaired) electrons. The Morgan fingerprint density at radius 2 is 1.80 bits per heavy atom.